The second-order valence-corrected chi connectivity index (χ2v) is 9.66. The van der Waals surface area contributed by atoms with Crippen molar-refractivity contribution in [2.45, 2.75) is 38.9 Å². The van der Waals surface area contributed by atoms with Gasteiger partial charge in [0.05, 0.1) is 6.54 Å². The van der Waals surface area contributed by atoms with Crippen LogP contribution in [0.5, 0.6) is 0 Å². The number of fused-ring (bicyclic) bond motifs is 1. The number of likely N-dealkylation sites (tertiary alicyclic amines) is 1. The Bertz CT molecular complexity index is 1020. The lowest BCUT2D eigenvalue weighted by Crippen LogP contribution is -2.67. The number of pyridine rings is 1. The molecule has 2 saturated heterocycles. The summed E-state index contributed by atoms with van der Waals surface area (Å²) in [5.74, 6) is 1.02. The molecular weight excluding hydrogens is 428 g/mol. The molecule has 1 aromatic carbocycles. The van der Waals surface area contributed by atoms with Crippen LogP contribution < -0.4 is 10.2 Å². The molecule has 8 nitrogen and oxygen atoms in total. The van der Waals surface area contributed by atoms with Crippen LogP contribution in [0, 0.1) is 5.92 Å². The standard InChI is InChI=1S/C26H34N6O2/c1-3-19(2)24-25(33)28-22-9-5-4-8-20(22)16-32(24)26(34)31-17-21(18-31)29-12-14-30(15-13-29)23-10-6-7-11-27-23/h4-11,19,21,24H,3,12-18H2,1-2H3,(H,28,33)/t19-,24-/m0/s1. The van der Waals surface area contributed by atoms with Crippen LogP contribution in [0.1, 0.15) is 25.8 Å². The first-order chi connectivity index (χ1) is 16.5. The fourth-order valence-electron chi connectivity index (χ4n) is 5.27. The van der Waals surface area contributed by atoms with Gasteiger partial charge in [0.1, 0.15) is 11.9 Å². The maximum Gasteiger partial charge on any atom is 0.321 e. The highest BCUT2D eigenvalue weighted by atomic mass is 16.2. The van der Waals surface area contributed by atoms with Gasteiger partial charge in [0.25, 0.3) is 0 Å². The third-order valence-corrected chi connectivity index (χ3v) is 7.59. The van der Waals surface area contributed by atoms with E-state index in [1.54, 1.807) is 4.90 Å². The van der Waals surface area contributed by atoms with Gasteiger partial charge in [0.15, 0.2) is 0 Å². The summed E-state index contributed by atoms with van der Waals surface area (Å²) in [6, 6.07) is 13.7. The number of benzene rings is 1. The Morgan fingerprint density at radius 1 is 1.09 bits per heavy atom. The van der Waals surface area contributed by atoms with Crippen molar-refractivity contribution in [1.82, 2.24) is 19.7 Å². The summed E-state index contributed by atoms with van der Waals surface area (Å²) in [4.78, 5) is 39.7. The lowest BCUT2D eigenvalue weighted by molar-refractivity contribution is -0.122. The largest absolute Gasteiger partial charge is 0.354 e. The van der Waals surface area contributed by atoms with Gasteiger partial charge < -0.3 is 20.0 Å². The quantitative estimate of drug-likeness (QED) is 0.757. The van der Waals surface area contributed by atoms with Crippen molar-refractivity contribution < 1.29 is 9.59 Å². The lowest BCUT2D eigenvalue weighted by Gasteiger charge is -2.49. The van der Waals surface area contributed by atoms with Gasteiger partial charge in [-0.15, -0.1) is 0 Å². The number of aromatic nitrogens is 1. The molecule has 0 bridgehead atoms. The minimum absolute atomic E-state index is 0.0273. The number of hydrogen-bond acceptors (Lipinski definition) is 5. The van der Waals surface area contributed by atoms with E-state index >= 15 is 0 Å². The third kappa shape index (κ3) is 4.34. The van der Waals surface area contributed by atoms with E-state index in [1.165, 1.54) is 0 Å². The van der Waals surface area contributed by atoms with E-state index in [-0.39, 0.29) is 17.9 Å². The normalized spacial score (nSPS) is 22.5. The molecule has 180 valence electrons. The van der Waals surface area contributed by atoms with Crippen molar-refractivity contribution in [2.24, 2.45) is 5.92 Å². The summed E-state index contributed by atoms with van der Waals surface area (Å²) in [7, 11) is 0. The van der Waals surface area contributed by atoms with Gasteiger partial charge in [-0.25, -0.2) is 9.78 Å². The number of nitrogens with zero attached hydrogens (tertiary/aromatic N) is 5. The highest BCUT2D eigenvalue weighted by Gasteiger charge is 2.43. The van der Waals surface area contributed by atoms with Crippen LogP contribution >= 0.6 is 0 Å². The lowest BCUT2D eigenvalue weighted by atomic mass is 9.96. The van der Waals surface area contributed by atoms with Crippen molar-refractivity contribution in [1.29, 1.82) is 0 Å². The highest BCUT2D eigenvalue weighted by Crippen LogP contribution is 2.29. The zero-order valence-corrected chi connectivity index (χ0v) is 20.1. The molecular formula is C26H34N6O2. The first-order valence-electron chi connectivity index (χ1n) is 12.4. The van der Waals surface area contributed by atoms with E-state index in [9.17, 15) is 9.59 Å². The number of anilines is 2. The molecule has 2 fully saturated rings. The zero-order valence-electron chi connectivity index (χ0n) is 20.1. The number of nitrogens with one attached hydrogen (secondary N) is 1. The van der Waals surface area contributed by atoms with E-state index < -0.39 is 6.04 Å². The molecule has 3 aliphatic rings. The van der Waals surface area contributed by atoms with E-state index in [0.29, 0.717) is 12.6 Å². The monoisotopic (exact) mass is 462 g/mol. The molecule has 34 heavy (non-hydrogen) atoms. The number of carbonyl (C=O) groups excluding carboxylic acids is 2. The fourth-order valence-corrected chi connectivity index (χ4v) is 5.27. The van der Waals surface area contributed by atoms with Gasteiger partial charge in [0, 0.05) is 57.2 Å². The van der Waals surface area contributed by atoms with Crippen molar-refractivity contribution >= 4 is 23.4 Å². The van der Waals surface area contributed by atoms with Gasteiger partial charge >= 0.3 is 6.03 Å². The number of para-hydroxylation sites is 1. The summed E-state index contributed by atoms with van der Waals surface area (Å²) in [5.41, 5.74) is 1.79. The van der Waals surface area contributed by atoms with Crippen LogP contribution in [0.4, 0.5) is 16.3 Å². The number of hydrogen-bond donors (Lipinski definition) is 1. The van der Waals surface area contributed by atoms with E-state index in [4.69, 9.17) is 0 Å². The van der Waals surface area contributed by atoms with E-state index in [1.807, 2.05) is 47.5 Å². The van der Waals surface area contributed by atoms with Gasteiger partial charge in [-0.05, 0) is 29.7 Å². The van der Waals surface area contributed by atoms with Crippen molar-refractivity contribution in [3.8, 4) is 0 Å². The molecule has 3 amide bonds. The Hall–Kier alpha value is -3.13. The molecule has 5 rings (SSSR count). The predicted molar refractivity (Wildman–Crippen MR) is 133 cm³/mol. The number of carbonyl (C=O) groups is 2. The summed E-state index contributed by atoms with van der Waals surface area (Å²) >= 11 is 0. The van der Waals surface area contributed by atoms with Gasteiger partial charge in [-0.3, -0.25) is 9.69 Å². The third-order valence-electron chi connectivity index (χ3n) is 7.59. The molecule has 1 N–H and O–H groups in total. The van der Waals surface area contributed by atoms with Gasteiger partial charge in [0.2, 0.25) is 5.91 Å². The Labute approximate surface area is 201 Å². The second kappa shape index (κ2) is 9.62. The number of rotatable bonds is 4. The summed E-state index contributed by atoms with van der Waals surface area (Å²) < 4.78 is 0. The Kier molecular flexibility index (Phi) is 6.41. The van der Waals surface area contributed by atoms with Crippen LogP contribution in [-0.2, 0) is 11.3 Å². The van der Waals surface area contributed by atoms with Crippen molar-refractivity contribution in [2.75, 3.05) is 49.5 Å². The molecule has 3 aliphatic heterocycles. The molecule has 8 heteroatoms. The van der Waals surface area contributed by atoms with Crippen molar-refractivity contribution in [3.63, 3.8) is 0 Å². The Morgan fingerprint density at radius 3 is 2.53 bits per heavy atom. The molecule has 1 aromatic heterocycles. The zero-order chi connectivity index (χ0) is 23.7. The van der Waals surface area contributed by atoms with Crippen LogP contribution in [0.2, 0.25) is 0 Å². The molecule has 0 spiro atoms. The maximum absolute atomic E-state index is 13.6. The molecule has 2 atom stereocenters. The van der Waals surface area contributed by atoms with Crippen LogP contribution in [0.3, 0.4) is 0 Å². The first kappa shape index (κ1) is 22.7. The minimum atomic E-state index is -0.467. The second-order valence-electron chi connectivity index (χ2n) is 9.66. The average Bonchev–Trinajstić information content (AvgIpc) is 2.99. The topological polar surface area (TPSA) is 72.0 Å². The van der Waals surface area contributed by atoms with E-state index in [2.05, 4.69) is 40.0 Å². The number of urea groups is 1. The SMILES string of the molecule is CC[C@H](C)[C@H]1C(=O)Nc2ccccc2CN1C(=O)N1CC(N2CCN(c3ccccn3)CC2)C1. The van der Waals surface area contributed by atoms with Crippen LogP contribution in [0.25, 0.3) is 0 Å². The van der Waals surface area contributed by atoms with Crippen LogP contribution in [-0.4, -0.2) is 83.0 Å². The minimum Gasteiger partial charge on any atom is -0.354 e. The van der Waals surface area contributed by atoms with E-state index in [0.717, 1.165) is 62.8 Å². The number of amides is 3. The van der Waals surface area contributed by atoms with Gasteiger partial charge in [-0.1, -0.05) is 44.5 Å². The average molecular weight is 463 g/mol. The first-order valence-corrected chi connectivity index (χ1v) is 12.4. The Morgan fingerprint density at radius 2 is 1.82 bits per heavy atom. The number of piperazine rings is 1. The molecule has 0 unspecified atom stereocenters. The summed E-state index contributed by atoms with van der Waals surface area (Å²) in [6.45, 7) is 9.85. The molecule has 4 heterocycles. The predicted octanol–water partition coefficient (Wildman–Crippen LogP) is 2.88. The molecule has 0 radical (unpaired) electrons. The molecule has 0 aliphatic carbocycles. The Balaban J connectivity index is 1.22. The smallest absolute Gasteiger partial charge is 0.321 e. The highest BCUT2D eigenvalue weighted by molar-refractivity contribution is 5.99. The van der Waals surface area contributed by atoms with Crippen LogP contribution in [0.15, 0.2) is 48.7 Å². The summed E-state index contributed by atoms with van der Waals surface area (Å²) in [6.07, 6.45) is 2.67. The maximum atomic E-state index is 13.6. The fraction of sp³-hybridized carbons (Fsp3) is 0.500. The van der Waals surface area contributed by atoms with Crippen molar-refractivity contribution in [3.05, 3.63) is 54.2 Å². The summed E-state index contributed by atoms with van der Waals surface area (Å²) in [5, 5.41) is 3.06. The molecule has 0 saturated carbocycles. The van der Waals surface area contributed by atoms with Gasteiger partial charge in [-0.2, -0.15) is 0 Å². The molecule has 2 aromatic rings.